The molecule has 28 heavy (non-hydrogen) atoms. The second-order valence-electron chi connectivity index (χ2n) is 7.20. The van der Waals surface area contributed by atoms with Gasteiger partial charge in [0.05, 0.1) is 4.90 Å². The van der Waals surface area contributed by atoms with E-state index >= 15 is 0 Å². The molecule has 2 aromatic carbocycles. The molecule has 7 heteroatoms. The smallest absolute Gasteiger partial charge is 0.243 e. The van der Waals surface area contributed by atoms with Gasteiger partial charge in [-0.15, -0.1) is 0 Å². The summed E-state index contributed by atoms with van der Waals surface area (Å²) in [5.74, 6) is -0.188. The third-order valence-corrected chi connectivity index (χ3v) is 7.36. The summed E-state index contributed by atoms with van der Waals surface area (Å²) in [6.45, 7) is 2.67. The number of hydrogen-bond donors (Lipinski definition) is 1. The molecule has 0 bridgehead atoms. The number of carbonyl (C=O) groups excluding carboxylic acids is 1. The van der Waals surface area contributed by atoms with Gasteiger partial charge in [0, 0.05) is 30.1 Å². The van der Waals surface area contributed by atoms with Crippen LogP contribution in [0.3, 0.4) is 0 Å². The molecule has 1 heterocycles. The number of amides is 1. The molecule has 1 aliphatic heterocycles. The van der Waals surface area contributed by atoms with E-state index in [1.165, 1.54) is 4.31 Å². The van der Waals surface area contributed by atoms with E-state index in [0.29, 0.717) is 42.3 Å². The quantitative estimate of drug-likeness (QED) is 0.777. The lowest BCUT2D eigenvalue weighted by Crippen LogP contribution is -2.45. The fourth-order valence-corrected chi connectivity index (χ4v) is 5.21. The lowest BCUT2D eigenvalue weighted by atomic mass is 9.96. The molecule has 1 saturated heterocycles. The summed E-state index contributed by atoms with van der Waals surface area (Å²) in [6.07, 6.45) is 1.71. The van der Waals surface area contributed by atoms with Gasteiger partial charge in [-0.3, -0.25) is 4.79 Å². The third kappa shape index (κ3) is 4.93. The minimum absolute atomic E-state index is 0.0173. The topological polar surface area (TPSA) is 66.5 Å². The zero-order valence-electron chi connectivity index (χ0n) is 15.8. The van der Waals surface area contributed by atoms with Crippen LogP contribution in [-0.4, -0.2) is 37.8 Å². The highest BCUT2D eigenvalue weighted by Gasteiger charge is 2.32. The van der Waals surface area contributed by atoms with Crippen LogP contribution in [0.2, 0.25) is 5.02 Å². The number of halogens is 1. The van der Waals surface area contributed by atoms with E-state index < -0.39 is 10.0 Å². The summed E-state index contributed by atoms with van der Waals surface area (Å²) in [5, 5.41) is 3.74. The highest BCUT2D eigenvalue weighted by molar-refractivity contribution is 7.89. The number of sulfonamides is 1. The number of nitrogens with zero attached hydrogens (tertiary/aromatic N) is 1. The molecule has 1 amide bonds. The molecule has 1 atom stereocenters. The van der Waals surface area contributed by atoms with E-state index in [0.717, 1.165) is 5.56 Å². The third-order valence-electron chi connectivity index (χ3n) is 5.08. The first kappa shape index (κ1) is 20.8. The lowest BCUT2D eigenvalue weighted by molar-refractivity contribution is -0.126. The van der Waals surface area contributed by atoms with Crippen LogP contribution in [0.5, 0.6) is 0 Å². The van der Waals surface area contributed by atoms with Crippen LogP contribution in [-0.2, 0) is 21.2 Å². The lowest BCUT2D eigenvalue weighted by Gasteiger charge is -2.31. The Morgan fingerprint density at radius 2 is 1.71 bits per heavy atom. The average molecular weight is 421 g/mol. The maximum atomic E-state index is 12.7. The van der Waals surface area contributed by atoms with E-state index in [1.54, 1.807) is 30.3 Å². The molecule has 5 nitrogen and oxygen atoms in total. The van der Waals surface area contributed by atoms with Gasteiger partial charge >= 0.3 is 0 Å². The second kappa shape index (κ2) is 9.07. The number of nitrogens with one attached hydrogen (secondary N) is 1. The van der Waals surface area contributed by atoms with Gasteiger partial charge in [0.25, 0.3) is 0 Å². The Kier molecular flexibility index (Phi) is 6.75. The van der Waals surface area contributed by atoms with Crippen LogP contribution in [0, 0.1) is 5.92 Å². The molecule has 2 aromatic rings. The molecule has 3 rings (SSSR count). The Morgan fingerprint density at radius 3 is 2.36 bits per heavy atom. The molecule has 0 aromatic heterocycles. The minimum atomic E-state index is -3.49. The summed E-state index contributed by atoms with van der Waals surface area (Å²) in [5.41, 5.74) is 1.00. The molecule has 1 unspecified atom stereocenters. The molecule has 1 fully saturated rings. The van der Waals surface area contributed by atoms with Gasteiger partial charge in [-0.1, -0.05) is 48.0 Å². The van der Waals surface area contributed by atoms with Crippen LogP contribution < -0.4 is 5.32 Å². The van der Waals surface area contributed by atoms with E-state index in [4.69, 9.17) is 11.6 Å². The Morgan fingerprint density at radius 1 is 1.11 bits per heavy atom. The fraction of sp³-hybridized carbons (Fsp3) is 0.381. The van der Waals surface area contributed by atoms with Crippen molar-refractivity contribution in [2.45, 2.75) is 37.1 Å². The Bertz CT molecular complexity index is 910. The van der Waals surface area contributed by atoms with Crippen LogP contribution in [0.25, 0.3) is 0 Å². The van der Waals surface area contributed by atoms with Gasteiger partial charge < -0.3 is 5.32 Å². The zero-order valence-corrected chi connectivity index (χ0v) is 17.4. The first-order chi connectivity index (χ1) is 13.4. The fourth-order valence-electron chi connectivity index (χ4n) is 3.51. The largest absolute Gasteiger partial charge is 0.353 e. The van der Waals surface area contributed by atoms with Crippen LogP contribution >= 0.6 is 11.6 Å². The van der Waals surface area contributed by atoms with E-state index in [1.807, 2.05) is 31.2 Å². The van der Waals surface area contributed by atoms with Crippen LogP contribution in [0.1, 0.15) is 25.3 Å². The summed E-state index contributed by atoms with van der Waals surface area (Å²) in [4.78, 5) is 12.9. The van der Waals surface area contributed by atoms with Crippen molar-refractivity contribution in [1.82, 2.24) is 9.62 Å². The zero-order chi connectivity index (χ0) is 20.1. The van der Waals surface area contributed by atoms with Gasteiger partial charge in [0.1, 0.15) is 0 Å². The van der Waals surface area contributed by atoms with Crippen molar-refractivity contribution in [1.29, 1.82) is 0 Å². The summed E-state index contributed by atoms with van der Waals surface area (Å²) < 4.78 is 26.9. The predicted molar refractivity (Wildman–Crippen MR) is 111 cm³/mol. The first-order valence-corrected chi connectivity index (χ1v) is 11.3. The molecule has 0 radical (unpaired) electrons. The van der Waals surface area contributed by atoms with Crippen molar-refractivity contribution < 1.29 is 13.2 Å². The van der Waals surface area contributed by atoms with Crippen molar-refractivity contribution in [3.8, 4) is 0 Å². The molecule has 0 saturated carbocycles. The standard InChI is InChI=1S/C21H25ClN2O3S/c1-16(15-18-7-5-6-10-20(18)22)23-21(25)17-11-13-24(14-12-17)28(26,27)19-8-3-2-4-9-19/h2-10,16-17H,11-15H2,1H3,(H,23,25). The van der Waals surface area contributed by atoms with Crippen LogP contribution in [0.15, 0.2) is 59.5 Å². The molecule has 0 spiro atoms. The Hall–Kier alpha value is -1.89. The monoisotopic (exact) mass is 420 g/mol. The second-order valence-corrected chi connectivity index (χ2v) is 9.54. The highest BCUT2D eigenvalue weighted by Crippen LogP contribution is 2.24. The van der Waals surface area contributed by atoms with Gasteiger partial charge in [-0.05, 0) is 49.9 Å². The van der Waals surface area contributed by atoms with Crippen LogP contribution in [0.4, 0.5) is 0 Å². The van der Waals surface area contributed by atoms with Crippen molar-refractivity contribution in [3.63, 3.8) is 0 Å². The van der Waals surface area contributed by atoms with Gasteiger partial charge in [0.2, 0.25) is 15.9 Å². The average Bonchev–Trinajstić information content (AvgIpc) is 2.70. The number of benzene rings is 2. The maximum absolute atomic E-state index is 12.7. The summed E-state index contributed by atoms with van der Waals surface area (Å²) >= 11 is 6.19. The van der Waals surface area contributed by atoms with Gasteiger partial charge in [-0.2, -0.15) is 4.31 Å². The first-order valence-electron chi connectivity index (χ1n) is 9.47. The van der Waals surface area contributed by atoms with Crippen molar-refractivity contribution in [3.05, 3.63) is 65.2 Å². The van der Waals surface area contributed by atoms with Crippen molar-refractivity contribution in [2.75, 3.05) is 13.1 Å². The SMILES string of the molecule is CC(Cc1ccccc1Cl)NC(=O)C1CCN(S(=O)(=O)c2ccccc2)CC1. The highest BCUT2D eigenvalue weighted by atomic mass is 35.5. The molecule has 1 aliphatic rings. The van der Waals surface area contributed by atoms with Gasteiger partial charge in [-0.25, -0.2) is 8.42 Å². The minimum Gasteiger partial charge on any atom is -0.353 e. The Labute approximate surface area is 171 Å². The number of carbonyl (C=O) groups is 1. The predicted octanol–water partition coefficient (Wildman–Crippen LogP) is 3.49. The van der Waals surface area contributed by atoms with E-state index in [-0.39, 0.29) is 17.9 Å². The van der Waals surface area contributed by atoms with Crippen molar-refractivity contribution in [2.24, 2.45) is 5.92 Å². The van der Waals surface area contributed by atoms with E-state index in [2.05, 4.69) is 5.32 Å². The normalized spacial score (nSPS) is 17.2. The number of rotatable bonds is 6. The molecular formula is C21H25ClN2O3S. The van der Waals surface area contributed by atoms with Gasteiger partial charge in [0.15, 0.2) is 0 Å². The molecule has 1 N–H and O–H groups in total. The number of piperidine rings is 1. The molecule has 0 aliphatic carbocycles. The summed E-state index contributed by atoms with van der Waals surface area (Å²) in [6, 6.07) is 16.0. The summed E-state index contributed by atoms with van der Waals surface area (Å²) in [7, 11) is -3.49. The van der Waals surface area contributed by atoms with E-state index in [9.17, 15) is 13.2 Å². The molecular weight excluding hydrogens is 396 g/mol. The Balaban J connectivity index is 1.53. The van der Waals surface area contributed by atoms with Crippen molar-refractivity contribution >= 4 is 27.5 Å². The molecule has 150 valence electrons. The number of hydrogen-bond acceptors (Lipinski definition) is 3. The maximum Gasteiger partial charge on any atom is 0.243 e.